The molecule has 3 nitrogen and oxygen atoms in total. The van der Waals surface area contributed by atoms with Crippen molar-refractivity contribution in [2.24, 2.45) is 5.92 Å². The monoisotopic (exact) mass is 248 g/mol. The standard InChI is InChI=1S/C12H24N2O.ClH/c1-14(10-12-3-2-6-13-12)9-11-4-7-15-8-5-11;/h11-13H,2-10H2,1H3;1H. The molecule has 2 aliphatic rings. The lowest BCUT2D eigenvalue weighted by atomic mass is 10.00. The average Bonchev–Trinajstić information content (AvgIpc) is 2.71. The third-order valence-electron chi connectivity index (χ3n) is 3.61. The maximum Gasteiger partial charge on any atom is 0.0469 e. The number of hydrogen-bond acceptors (Lipinski definition) is 3. The van der Waals surface area contributed by atoms with Crippen LogP contribution >= 0.6 is 12.4 Å². The van der Waals surface area contributed by atoms with Crippen molar-refractivity contribution in [2.45, 2.75) is 31.7 Å². The Hall–Kier alpha value is 0.170. The summed E-state index contributed by atoms with van der Waals surface area (Å²) in [5.74, 6) is 0.866. The van der Waals surface area contributed by atoms with Gasteiger partial charge in [0.15, 0.2) is 0 Å². The van der Waals surface area contributed by atoms with Crippen LogP contribution in [0.5, 0.6) is 0 Å². The molecule has 1 unspecified atom stereocenters. The van der Waals surface area contributed by atoms with E-state index in [0.717, 1.165) is 25.2 Å². The number of halogens is 1. The van der Waals surface area contributed by atoms with Crippen molar-refractivity contribution < 1.29 is 4.74 Å². The van der Waals surface area contributed by atoms with Gasteiger partial charge in [0.2, 0.25) is 0 Å². The molecule has 16 heavy (non-hydrogen) atoms. The van der Waals surface area contributed by atoms with Gasteiger partial charge in [-0.2, -0.15) is 0 Å². The molecule has 0 aliphatic carbocycles. The molecule has 0 saturated carbocycles. The summed E-state index contributed by atoms with van der Waals surface area (Å²) < 4.78 is 5.38. The largest absolute Gasteiger partial charge is 0.381 e. The first kappa shape index (κ1) is 14.2. The molecule has 2 fully saturated rings. The molecule has 0 bridgehead atoms. The van der Waals surface area contributed by atoms with E-state index >= 15 is 0 Å². The Morgan fingerprint density at radius 1 is 1.19 bits per heavy atom. The number of hydrogen-bond donors (Lipinski definition) is 1. The molecule has 1 atom stereocenters. The van der Waals surface area contributed by atoms with Crippen molar-refractivity contribution in [1.82, 2.24) is 10.2 Å². The molecular formula is C12H25ClN2O. The van der Waals surface area contributed by atoms with Crippen LogP contribution in [0, 0.1) is 5.92 Å². The van der Waals surface area contributed by atoms with Crippen LogP contribution in [-0.2, 0) is 4.74 Å². The third-order valence-corrected chi connectivity index (χ3v) is 3.61. The summed E-state index contributed by atoms with van der Waals surface area (Å²) in [5.41, 5.74) is 0. The van der Waals surface area contributed by atoms with Crippen LogP contribution in [0.1, 0.15) is 25.7 Å². The van der Waals surface area contributed by atoms with E-state index in [4.69, 9.17) is 4.74 Å². The Morgan fingerprint density at radius 3 is 2.56 bits per heavy atom. The Bertz CT molecular complexity index is 180. The molecule has 96 valence electrons. The van der Waals surface area contributed by atoms with Gasteiger partial charge in [0.1, 0.15) is 0 Å². The van der Waals surface area contributed by atoms with Crippen LogP contribution in [0.25, 0.3) is 0 Å². The fraction of sp³-hybridized carbons (Fsp3) is 1.00. The minimum atomic E-state index is 0. The first-order chi connectivity index (χ1) is 7.34. The van der Waals surface area contributed by atoms with Gasteiger partial charge in [0.05, 0.1) is 0 Å². The second-order valence-corrected chi connectivity index (χ2v) is 5.07. The van der Waals surface area contributed by atoms with Crippen molar-refractivity contribution in [2.75, 3.05) is 39.9 Å². The van der Waals surface area contributed by atoms with Gasteiger partial charge in [0.25, 0.3) is 0 Å². The molecule has 2 heterocycles. The second kappa shape index (κ2) is 7.49. The lowest BCUT2D eigenvalue weighted by Gasteiger charge is -2.28. The molecule has 0 aromatic carbocycles. The molecule has 0 aromatic heterocycles. The zero-order valence-electron chi connectivity index (χ0n) is 10.3. The number of nitrogens with one attached hydrogen (secondary N) is 1. The minimum Gasteiger partial charge on any atom is -0.381 e. The highest BCUT2D eigenvalue weighted by Gasteiger charge is 2.19. The maximum absolute atomic E-state index is 5.38. The molecule has 4 heteroatoms. The van der Waals surface area contributed by atoms with Gasteiger partial charge in [-0.25, -0.2) is 0 Å². The highest BCUT2D eigenvalue weighted by molar-refractivity contribution is 5.85. The Kier molecular flexibility index (Phi) is 6.66. The van der Waals surface area contributed by atoms with E-state index in [1.165, 1.54) is 45.3 Å². The van der Waals surface area contributed by atoms with Gasteiger partial charge >= 0.3 is 0 Å². The zero-order valence-corrected chi connectivity index (χ0v) is 11.1. The lowest BCUT2D eigenvalue weighted by Crippen LogP contribution is -2.38. The molecule has 0 radical (unpaired) electrons. The molecular weight excluding hydrogens is 224 g/mol. The average molecular weight is 249 g/mol. The van der Waals surface area contributed by atoms with Crippen LogP contribution in [0.3, 0.4) is 0 Å². The van der Waals surface area contributed by atoms with Crippen molar-refractivity contribution in [3.63, 3.8) is 0 Å². The first-order valence-corrected chi connectivity index (χ1v) is 6.34. The summed E-state index contributed by atoms with van der Waals surface area (Å²) in [6, 6.07) is 0.745. The minimum absolute atomic E-state index is 0. The van der Waals surface area contributed by atoms with Crippen molar-refractivity contribution >= 4 is 12.4 Å². The van der Waals surface area contributed by atoms with E-state index in [1.54, 1.807) is 0 Å². The zero-order chi connectivity index (χ0) is 10.5. The third kappa shape index (κ3) is 4.58. The molecule has 0 aromatic rings. The summed E-state index contributed by atoms with van der Waals surface area (Å²) in [6.45, 7) is 5.63. The quantitative estimate of drug-likeness (QED) is 0.817. The van der Waals surface area contributed by atoms with Crippen LogP contribution in [0.15, 0.2) is 0 Å². The number of ether oxygens (including phenoxy) is 1. The summed E-state index contributed by atoms with van der Waals surface area (Å²) in [4.78, 5) is 2.50. The Balaban J connectivity index is 0.00000128. The molecule has 2 aliphatic heterocycles. The SMILES string of the molecule is CN(CC1CCOCC1)CC1CCCN1.Cl. The number of likely N-dealkylation sites (N-methyl/N-ethyl adjacent to an activating group) is 1. The van der Waals surface area contributed by atoms with Gasteiger partial charge in [0, 0.05) is 32.3 Å². The summed E-state index contributed by atoms with van der Waals surface area (Å²) in [5, 5.41) is 3.56. The summed E-state index contributed by atoms with van der Waals surface area (Å²) in [7, 11) is 2.26. The van der Waals surface area contributed by atoms with Gasteiger partial charge in [-0.05, 0) is 45.2 Å². The lowest BCUT2D eigenvalue weighted by molar-refractivity contribution is 0.0549. The molecule has 2 saturated heterocycles. The Morgan fingerprint density at radius 2 is 1.94 bits per heavy atom. The van der Waals surface area contributed by atoms with Gasteiger partial charge in [-0.3, -0.25) is 0 Å². The predicted octanol–water partition coefficient (Wildman–Crippen LogP) is 1.52. The normalized spacial score (nSPS) is 27.0. The van der Waals surface area contributed by atoms with Crippen molar-refractivity contribution in [3.8, 4) is 0 Å². The number of rotatable bonds is 4. The topological polar surface area (TPSA) is 24.5 Å². The molecule has 0 amide bonds. The van der Waals surface area contributed by atoms with Crippen molar-refractivity contribution in [1.29, 1.82) is 0 Å². The van der Waals surface area contributed by atoms with E-state index in [2.05, 4.69) is 17.3 Å². The fourth-order valence-electron chi connectivity index (χ4n) is 2.73. The van der Waals surface area contributed by atoms with E-state index in [1.807, 2.05) is 0 Å². The van der Waals surface area contributed by atoms with Crippen LogP contribution < -0.4 is 5.32 Å². The van der Waals surface area contributed by atoms with E-state index in [-0.39, 0.29) is 12.4 Å². The van der Waals surface area contributed by atoms with Gasteiger partial charge < -0.3 is 15.0 Å². The first-order valence-electron chi connectivity index (χ1n) is 6.34. The van der Waals surface area contributed by atoms with Crippen LogP contribution in [0.4, 0.5) is 0 Å². The van der Waals surface area contributed by atoms with E-state index in [0.29, 0.717) is 0 Å². The molecule has 1 N–H and O–H groups in total. The summed E-state index contributed by atoms with van der Waals surface area (Å²) in [6.07, 6.45) is 5.22. The highest BCUT2D eigenvalue weighted by atomic mass is 35.5. The van der Waals surface area contributed by atoms with Gasteiger partial charge in [-0.15, -0.1) is 12.4 Å². The van der Waals surface area contributed by atoms with Crippen LogP contribution in [-0.4, -0.2) is 50.8 Å². The maximum atomic E-state index is 5.38. The molecule has 2 rings (SSSR count). The van der Waals surface area contributed by atoms with Gasteiger partial charge in [-0.1, -0.05) is 0 Å². The number of nitrogens with zero attached hydrogens (tertiary/aromatic N) is 1. The molecule has 0 spiro atoms. The second-order valence-electron chi connectivity index (χ2n) is 5.07. The fourth-order valence-corrected chi connectivity index (χ4v) is 2.73. The van der Waals surface area contributed by atoms with Crippen LogP contribution in [0.2, 0.25) is 0 Å². The van der Waals surface area contributed by atoms with Crippen molar-refractivity contribution in [3.05, 3.63) is 0 Å². The smallest absolute Gasteiger partial charge is 0.0469 e. The summed E-state index contributed by atoms with van der Waals surface area (Å²) >= 11 is 0. The highest BCUT2D eigenvalue weighted by Crippen LogP contribution is 2.16. The Labute approximate surface area is 105 Å². The van der Waals surface area contributed by atoms with E-state index < -0.39 is 0 Å². The van der Waals surface area contributed by atoms with E-state index in [9.17, 15) is 0 Å². The predicted molar refractivity (Wildman–Crippen MR) is 69.3 cm³/mol.